The summed E-state index contributed by atoms with van der Waals surface area (Å²) in [5.41, 5.74) is 1.18. The van der Waals surface area contributed by atoms with Gasteiger partial charge >= 0.3 is 0 Å². The molecule has 1 aromatic carbocycles. The van der Waals surface area contributed by atoms with Gasteiger partial charge in [-0.05, 0) is 24.8 Å². The van der Waals surface area contributed by atoms with Gasteiger partial charge in [0.1, 0.15) is 0 Å². The van der Waals surface area contributed by atoms with Crippen molar-refractivity contribution in [3.63, 3.8) is 0 Å². The minimum Gasteiger partial charge on any atom is -0.368 e. The van der Waals surface area contributed by atoms with E-state index < -0.39 is 4.92 Å². The lowest BCUT2D eigenvalue weighted by atomic mass is 10.0. The van der Waals surface area contributed by atoms with Gasteiger partial charge in [-0.15, -0.1) is 0 Å². The van der Waals surface area contributed by atoms with Crippen molar-refractivity contribution in [2.24, 2.45) is 5.92 Å². The first-order valence-electron chi connectivity index (χ1n) is 6.55. The lowest BCUT2D eigenvalue weighted by Crippen LogP contribution is -2.34. The molecule has 5 nitrogen and oxygen atoms in total. The molecule has 1 atom stereocenters. The molecule has 2 rings (SSSR count). The fraction of sp³-hybridized carbons (Fsp3) is 0.500. The van der Waals surface area contributed by atoms with Gasteiger partial charge in [-0.2, -0.15) is 0 Å². The molecule has 1 saturated heterocycles. The second-order valence-corrected chi connectivity index (χ2v) is 5.27. The number of carbonyl (C=O) groups excluding carboxylic acids is 1. The summed E-state index contributed by atoms with van der Waals surface area (Å²) >= 11 is 0. The lowest BCUT2D eigenvalue weighted by Gasteiger charge is -2.30. The molecule has 1 aliphatic heterocycles. The molecule has 19 heavy (non-hydrogen) atoms. The Kier molecular flexibility index (Phi) is 3.83. The standard InChI is InChI=1S/C14H18N2O3/c1-10(2)13-4-3-7-15(13)14-6-5-12(16(18)19)8-11(14)9-17/h5-6,8-10,13H,3-4,7H2,1-2H3. The molecule has 1 unspecified atom stereocenters. The van der Waals surface area contributed by atoms with Gasteiger partial charge in [-0.1, -0.05) is 13.8 Å². The molecule has 0 spiro atoms. The second-order valence-electron chi connectivity index (χ2n) is 5.27. The van der Waals surface area contributed by atoms with Crippen LogP contribution in [0.25, 0.3) is 0 Å². The van der Waals surface area contributed by atoms with Crippen LogP contribution < -0.4 is 4.90 Å². The van der Waals surface area contributed by atoms with Crippen LogP contribution in [-0.4, -0.2) is 23.8 Å². The number of non-ortho nitro benzene ring substituents is 1. The molecule has 0 radical (unpaired) electrons. The summed E-state index contributed by atoms with van der Waals surface area (Å²) in [6.45, 7) is 5.23. The summed E-state index contributed by atoms with van der Waals surface area (Å²) in [6, 6.07) is 4.93. The van der Waals surface area contributed by atoms with Gasteiger partial charge in [0.05, 0.1) is 4.92 Å². The normalized spacial score (nSPS) is 18.9. The van der Waals surface area contributed by atoms with Gasteiger partial charge in [0, 0.05) is 36.0 Å². The van der Waals surface area contributed by atoms with Crippen LogP contribution in [0.2, 0.25) is 0 Å². The van der Waals surface area contributed by atoms with Gasteiger partial charge in [0.15, 0.2) is 6.29 Å². The Bertz CT molecular complexity index is 499. The third-order valence-electron chi connectivity index (χ3n) is 3.73. The molecular weight excluding hydrogens is 244 g/mol. The van der Waals surface area contributed by atoms with Crippen molar-refractivity contribution in [2.45, 2.75) is 32.7 Å². The first kappa shape index (κ1) is 13.5. The van der Waals surface area contributed by atoms with Crippen molar-refractivity contribution < 1.29 is 9.72 Å². The monoisotopic (exact) mass is 262 g/mol. The molecule has 0 aliphatic carbocycles. The molecule has 1 aromatic rings. The largest absolute Gasteiger partial charge is 0.368 e. The lowest BCUT2D eigenvalue weighted by molar-refractivity contribution is -0.384. The first-order chi connectivity index (χ1) is 9.04. The number of rotatable bonds is 4. The van der Waals surface area contributed by atoms with Gasteiger partial charge in [0.2, 0.25) is 0 Å². The quantitative estimate of drug-likeness (QED) is 0.475. The molecule has 0 N–H and O–H groups in total. The first-order valence-corrected chi connectivity index (χ1v) is 6.55. The number of nitro groups is 1. The fourth-order valence-corrected chi connectivity index (χ4v) is 2.80. The summed E-state index contributed by atoms with van der Waals surface area (Å²) < 4.78 is 0. The van der Waals surface area contributed by atoms with Crippen LogP contribution >= 0.6 is 0 Å². The van der Waals surface area contributed by atoms with E-state index in [0.717, 1.165) is 25.1 Å². The average molecular weight is 262 g/mol. The summed E-state index contributed by atoms with van der Waals surface area (Å²) in [5, 5.41) is 10.8. The summed E-state index contributed by atoms with van der Waals surface area (Å²) in [6.07, 6.45) is 2.91. The maximum atomic E-state index is 11.2. The third kappa shape index (κ3) is 2.59. The Morgan fingerprint density at radius 1 is 1.47 bits per heavy atom. The number of nitro benzene ring substituents is 1. The predicted molar refractivity (Wildman–Crippen MR) is 73.7 cm³/mol. The minimum absolute atomic E-state index is 0.0360. The Morgan fingerprint density at radius 3 is 2.79 bits per heavy atom. The van der Waals surface area contributed by atoms with Crippen LogP contribution in [0.3, 0.4) is 0 Å². The van der Waals surface area contributed by atoms with Gasteiger partial charge in [-0.25, -0.2) is 0 Å². The van der Waals surface area contributed by atoms with Crippen molar-refractivity contribution in [3.05, 3.63) is 33.9 Å². The van der Waals surface area contributed by atoms with E-state index in [9.17, 15) is 14.9 Å². The van der Waals surface area contributed by atoms with E-state index in [1.165, 1.54) is 12.1 Å². The Morgan fingerprint density at radius 2 is 2.21 bits per heavy atom. The molecule has 0 saturated carbocycles. The maximum absolute atomic E-state index is 11.2. The average Bonchev–Trinajstić information content (AvgIpc) is 2.87. The molecule has 5 heteroatoms. The number of anilines is 1. The van der Waals surface area contributed by atoms with Crippen molar-refractivity contribution in [2.75, 3.05) is 11.4 Å². The van der Waals surface area contributed by atoms with Crippen LogP contribution in [0.1, 0.15) is 37.0 Å². The molecule has 0 aromatic heterocycles. The van der Waals surface area contributed by atoms with Crippen molar-refractivity contribution in [3.8, 4) is 0 Å². The highest BCUT2D eigenvalue weighted by Crippen LogP contribution is 2.33. The van der Waals surface area contributed by atoms with E-state index in [0.29, 0.717) is 23.8 Å². The van der Waals surface area contributed by atoms with Crippen LogP contribution in [0.15, 0.2) is 18.2 Å². The molecule has 0 bridgehead atoms. The third-order valence-corrected chi connectivity index (χ3v) is 3.73. The zero-order valence-corrected chi connectivity index (χ0v) is 11.2. The molecule has 102 valence electrons. The van der Waals surface area contributed by atoms with E-state index in [4.69, 9.17) is 0 Å². The highest BCUT2D eigenvalue weighted by atomic mass is 16.6. The number of hydrogen-bond acceptors (Lipinski definition) is 4. The summed E-state index contributed by atoms with van der Waals surface area (Å²) in [7, 11) is 0. The van der Waals surface area contributed by atoms with Crippen LogP contribution in [-0.2, 0) is 0 Å². The zero-order valence-electron chi connectivity index (χ0n) is 11.2. The maximum Gasteiger partial charge on any atom is 0.270 e. The SMILES string of the molecule is CC(C)C1CCCN1c1ccc([N+](=O)[O-])cc1C=O. The highest BCUT2D eigenvalue weighted by molar-refractivity contribution is 5.86. The van der Waals surface area contributed by atoms with Crippen LogP contribution in [0.5, 0.6) is 0 Å². The minimum atomic E-state index is -0.472. The second kappa shape index (κ2) is 5.38. The Balaban J connectivity index is 2.39. The smallest absolute Gasteiger partial charge is 0.270 e. The summed E-state index contributed by atoms with van der Waals surface area (Å²) in [4.78, 5) is 23.7. The van der Waals surface area contributed by atoms with Crippen molar-refractivity contribution in [1.82, 2.24) is 0 Å². The van der Waals surface area contributed by atoms with E-state index in [1.807, 2.05) is 0 Å². The van der Waals surface area contributed by atoms with Gasteiger partial charge < -0.3 is 4.90 Å². The Labute approximate surface area is 112 Å². The molecule has 1 aliphatic rings. The zero-order chi connectivity index (χ0) is 14.0. The predicted octanol–water partition coefficient (Wildman–Crippen LogP) is 3.03. The van der Waals surface area contributed by atoms with E-state index in [1.54, 1.807) is 6.07 Å². The van der Waals surface area contributed by atoms with E-state index in [-0.39, 0.29) is 5.69 Å². The van der Waals surface area contributed by atoms with Gasteiger partial charge in [-0.3, -0.25) is 14.9 Å². The summed E-state index contributed by atoms with van der Waals surface area (Å²) in [5.74, 6) is 0.497. The van der Waals surface area contributed by atoms with E-state index in [2.05, 4.69) is 18.7 Å². The topological polar surface area (TPSA) is 63.4 Å². The Hall–Kier alpha value is -1.91. The van der Waals surface area contributed by atoms with E-state index >= 15 is 0 Å². The van der Waals surface area contributed by atoms with Gasteiger partial charge in [0.25, 0.3) is 5.69 Å². The fourth-order valence-electron chi connectivity index (χ4n) is 2.80. The number of benzene rings is 1. The van der Waals surface area contributed by atoms with Crippen molar-refractivity contribution in [1.29, 1.82) is 0 Å². The highest BCUT2D eigenvalue weighted by Gasteiger charge is 2.29. The van der Waals surface area contributed by atoms with Crippen LogP contribution in [0, 0.1) is 16.0 Å². The molecule has 0 amide bonds. The number of hydrogen-bond donors (Lipinski definition) is 0. The number of nitrogens with zero attached hydrogens (tertiary/aromatic N) is 2. The van der Waals surface area contributed by atoms with Crippen molar-refractivity contribution >= 4 is 17.7 Å². The number of aldehydes is 1. The molecule has 1 heterocycles. The molecule has 1 fully saturated rings. The molecular formula is C14H18N2O3. The number of carbonyl (C=O) groups is 1. The van der Waals surface area contributed by atoms with Crippen LogP contribution in [0.4, 0.5) is 11.4 Å².